The number of nitrogens with one attached hydrogen (secondary N) is 1. The van der Waals surface area contributed by atoms with Crippen LogP contribution in [0.15, 0.2) is 18.2 Å². The van der Waals surface area contributed by atoms with E-state index in [0.717, 1.165) is 23.2 Å². The van der Waals surface area contributed by atoms with Gasteiger partial charge in [-0.05, 0) is 24.5 Å². The van der Waals surface area contributed by atoms with Crippen LogP contribution in [-0.4, -0.2) is 10.2 Å². The Bertz CT molecular complexity index is 561. The fourth-order valence-corrected chi connectivity index (χ4v) is 2.18. The van der Waals surface area contributed by atoms with E-state index < -0.39 is 0 Å². The van der Waals surface area contributed by atoms with Crippen molar-refractivity contribution in [1.29, 1.82) is 0 Å². The molecule has 18 heavy (non-hydrogen) atoms. The molecule has 5 heteroatoms. The predicted molar refractivity (Wildman–Crippen MR) is 77.0 cm³/mol. The SMILES string of the molecule is CC(C)Cc1c(N)n[nH]c1-c1ccc(Cl)c(Cl)c1. The first kappa shape index (κ1) is 13.2. The molecule has 1 heterocycles. The number of hydrogen-bond donors (Lipinski definition) is 2. The minimum absolute atomic E-state index is 0.506. The third kappa shape index (κ3) is 2.62. The van der Waals surface area contributed by atoms with Crippen LogP contribution >= 0.6 is 23.2 Å². The summed E-state index contributed by atoms with van der Waals surface area (Å²) in [6, 6.07) is 5.50. The standard InChI is InChI=1S/C13H15Cl2N3/c1-7(2)5-9-12(17-18-13(9)16)8-3-4-10(14)11(15)6-8/h3-4,6-7H,5H2,1-2H3,(H3,16,17,18). The molecule has 0 saturated heterocycles. The monoisotopic (exact) mass is 283 g/mol. The molecule has 2 rings (SSSR count). The van der Waals surface area contributed by atoms with Gasteiger partial charge in [-0.15, -0.1) is 0 Å². The Morgan fingerprint density at radius 2 is 2.00 bits per heavy atom. The van der Waals surface area contributed by atoms with Gasteiger partial charge in [-0.1, -0.05) is 43.1 Å². The molecule has 2 aromatic rings. The summed E-state index contributed by atoms with van der Waals surface area (Å²) < 4.78 is 0. The second-order valence-corrected chi connectivity index (χ2v) is 5.50. The molecule has 1 aromatic heterocycles. The zero-order chi connectivity index (χ0) is 13.3. The van der Waals surface area contributed by atoms with Crippen LogP contribution in [0.2, 0.25) is 10.0 Å². The summed E-state index contributed by atoms with van der Waals surface area (Å²) in [6.07, 6.45) is 0.873. The van der Waals surface area contributed by atoms with E-state index in [9.17, 15) is 0 Å². The minimum atomic E-state index is 0.506. The first-order valence-corrected chi connectivity index (χ1v) is 6.52. The van der Waals surface area contributed by atoms with Crippen LogP contribution in [-0.2, 0) is 6.42 Å². The Hall–Kier alpha value is -1.19. The molecule has 0 bridgehead atoms. The van der Waals surface area contributed by atoms with E-state index in [1.807, 2.05) is 12.1 Å². The highest BCUT2D eigenvalue weighted by atomic mass is 35.5. The van der Waals surface area contributed by atoms with Gasteiger partial charge in [-0.25, -0.2) is 0 Å². The summed E-state index contributed by atoms with van der Waals surface area (Å²) in [5.41, 5.74) is 8.79. The van der Waals surface area contributed by atoms with Gasteiger partial charge in [-0.3, -0.25) is 5.10 Å². The smallest absolute Gasteiger partial charge is 0.149 e. The Kier molecular flexibility index (Phi) is 3.83. The number of nitrogens with zero attached hydrogens (tertiary/aromatic N) is 1. The first-order valence-electron chi connectivity index (χ1n) is 5.77. The molecule has 0 amide bonds. The molecule has 0 aliphatic carbocycles. The number of rotatable bonds is 3. The highest BCUT2D eigenvalue weighted by Gasteiger charge is 2.14. The van der Waals surface area contributed by atoms with E-state index >= 15 is 0 Å². The van der Waals surface area contributed by atoms with E-state index in [1.165, 1.54) is 0 Å². The van der Waals surface area contributed by atoms with Gasteiger partial charge in [0, 0.05) is 11.1 Å². The highest BCUT2D eigenvalue weighted by molar-refractivity contribution is 6.42. The minimum Gasteiger partial charge on any atom is -0.382 e. The van der Waals surface area contributed by atoms with E-state index in [2.05, 4.69) is 24.0 Å². The number of nitrogen functional groups attached to an aromatic ring is 1. The van der Waals surface area contributed by atoms with Gasteiger partial charge >= 0.3 is 0 Å². The van der Waals surface area contributed by atoms with Crippen molar-refractivity contribution in [3.63, 3.8) is 0 Å². The number of halogens is 2. The van der Waals surface area contributed by atoms with Gasteiger partial charge in [0.15, 0.2) is 0 Å². The van der Waals surface area contributed by atoms with Crippen molar-refractivity contribution in [2.24, 2.45) is 5.92 Å². The zero-order valence-corrected chi connectivity index (χ0v) is 11.8. The molecular weight excluding hydrogens is 269 g/mol. The van der Waals surface area contributed by atoms with Crippen molar-refractivity contribution in [3.8, 4) is 11.3 Å². The van der Waals surface area contributed by atoms with Gasteiger partial charge < -0.3 is 5.73 Å². The molecule has 0 aliphatic heterocycles. The third-order valence-electron chi connectivity index (χ3n) is 2.72. The summed E-state index contributed by atoms with van der Waals surface area (Å²) in [5.74, 6) is 1.05. The number of hydrogen-bond acceptors (Lipinski definition) is 2. The maximum absolute atomic E-state index is 6.03. The molecule has 3 N–H and O–H groups in total. The van der Waals surface area contributed by atoms with Crippen LogP contribution in [0, 0.1) is 5.92 Å². The highest BCUT2D eigenvalue weighted by Crippen LogP contribution is 2.31. The van der Waals surface area contributed by atoms with Crippen molar-refractivity contribution < 1.29 is 0 Å². The van der Waals surface area contributed by atoms with Crippen molar-refractivity contribution in [3.05, 3.63) is 33.8 Å². The van der Waals surface area contributed by atoms with Crippen molar-refractivity contribution in [1.82, 2.24) is 10.2 Å². The van der Waals surface area contributed by atoms with Crippen molar-refractivity contribution in [2.75, 3.05) is 5.73 Å². The van der Waals surface area contributed by atoms with Crippen LogP contribution in [0.1, 0.15) is 19.4 Å². The van der Waals surface area contributed by atoms with Gasteiger partial charge in [0.1, 0.15) is 5.82 Å². The van der Waals surface area contributed by atoms with Crippen LogP contribution < -0.4 is 5.73 Å². The lowest BCUT2D eigenvalue weighted by Gasteiger charge is -2.07. The number of nitrogens with two attached hydrogens (primary N) is 1. The number of anilines is 1. The first-order chi connectivity index (χ1) is 8.49. The normalized spacial score (nSPS) is 11.2. The Labute approximate surface area is 116 Å². The lowest BCUT2D eigenvalue weighted by atomic mass is 9.99. The third-order valence-corrected chi connectivity index (χ3v) is 3.46. The van der Waals surface area contributed by atoms with Gasteiger partial charge in [0.2, 0.25) is 0 Å². The summed E-state index contributed by atoms with van der Waals surface area (Å²) in [6.45, 7) is 4.29. The second-order valence-electron chi connectivity index (χ2n) is 4.69. The quantitative estimate of drug-likeness (QED) is 0.889. The largest absolute Gasteiger partial charge is 0.382 e. The van der Waals surface area contributed by atoms with E-state index in [4.69, 9.17) is 28.9 Å². The molecule has 0 saturated carbocycles. The lowest BCUT2D eigenvalue weighted by Crippen LogP contribution is -1.99. The second kappa shape index (κ2) is 5.21. The average molecular weight is 284 g/mol. The molecule has 0 radical (unpaired) electrons. The molecule has 3 nitrogen and oxygen atoms in total. The Morgan fingerprint density at radius 3 is 2.61 bits per heavy atom. The number of H-pyrrole nitrogens is 1. The molecule has 0 spiro atoms. The van der Waals surface area contributed by atoms with Crippen LogP contribution in [0.4, 0.5) is 5.82 Å². The summed E-state index contributed by atoms with van der Waals surface area (Å²) >= 11 is 11.9. The Balaban J connectivity index is 2.47. The molecule has 0 aliphatic rings. The van der Waals surface area contributed by atoms with E-state index in [0.29, 0.717) is 21.8 Å². The fraction of sp³-hybridized carbons (Fsp3) is 0.308. The maximum atomic E-state index is 6.03. The van der Waals surface area contributed by atoms with Crippen LogP contribution in [0.3, 0.4) is 0 Å². The topological polar surface area (TPSA) is 54.7 Å². The Morgan fingerprint density at radius 1 is 1.28 bits per heavy atom. The lowest BCUT2D eigenvalue weighted by molar-refractivity contribution is 0.649. The molecular formula is C13H15Cl2N3. The van der Waals surface area contributed by atoms with Crippen LogP contribution in [0.5, 0.6) is 0 Å². The number of aromatic amines is 1. The average Bonchev–Trinajstić information content (AvgIpc) is 2.64. The summed E-state index contributed by atoms with van der Waals surface area (Å²) in [5, 5.41) is 8.11. The van der Waals surface area contributed by atoms with Gasteiger partial charge in [0.05, 0.1) is 15.7 Å². The molecule has 0 atom stereocenters. The number of aromatic nitrogens is 2. The number of benzene rings is 1. The van der Waals surface area contributed by atoms with Crippen molar-refractivity contribution >= 4 is 29.0 Å². The van der Waals surface area contributed by atoms with Crippen molar-refractivity contribution in [2.45, 2.75) is 20.3 Å². The summed E-state index contributed by atoms with van der Waals surface area (Å²) in [7, 11) is 0. The van der Waals surface area contributed by atoms with Crippen LogP contribution in [0.25, 0.3) is 11.3 Å². The fourth-order valence-electron chi connectivity index (χ4n) is 1.88. The molecule has 1 aromatic carbocycles. The maximum Gasteiger partial charge on any atom is 0.149 e. The summed E-state index contributed by atoms with van der Waals surface area (Å²) in [4.78, 5) is 0. The van der Waals surface area contributed by atoms with Gasteiger partial charge in [0.25, 0.3) is 0 Å². The molecule has 0 fully saturated rings. The van der Waals surface area contributed by atoms with Gasteiger partial charge in [-0.2, -0.15) is 5.10 Å². The van der Waals surface area contributed by atoms with E-state index in [1.54, 1.807) is 6.07 Å². The zero-order valence-electron chi connectivity index (χ0n) is 10.3. The van der Waals surface area contributed by atoms with E-state index in [-0.39, 0.29) is 0 Å². The predicted octanol–water partition coefficient (Wildman–Crippen LogP) is 4.16. The molecule has 96 valence electrons. The molecule has 0 unspecified atom stereocenters.